The highest BCUT2D eigenvalue weighted by atomic mass is 35.7. The van der Waals surface area contributed by atoms with Gasteiger partial charge in [0.2, 0.25) is 5.91 Å². The maximum Gasteiger partial charge on any atom is 0.261 e. The van der Waals surface area contributed by atoms with Gasteiger partial charge >= 0.3 is 0 Å². The van der Waals surface area contributed by atoms with Crippen LogP contribution in [0.5, 0.6) is 5.75 Å². The zero-order valence-corrected chi connectivity index (χ0v) is 12.8. The van der Waals surface area contributed by atoms with Crippen LogP contribution in [0.15, 0.2) is 23.1 Å². The van der Waals surface area contributed by atoms with Gasteiger partial charge in [-0.2, -0.15) is 0 Å². The Kier molecular flexibility index (Phi) is 6.25. The van der Waals surface area contributed by atoms with Gasteiger partial charge in [0.1, 0.15) is 5.75 Å². The minimum absolute atomic E-state index is 0.00681. The van der Waals surface area contributed by atoms with Crippen LogP contribution in [-0.2, 0) is 25.0 Å². The standard InChI is InChI=1S/C12H16ClNO5S/c1-18-6-5-14-12(15)8-9-7-10(20(13,16)17)3-4-11(9)19-2/h3-4,7H,5-6,8H2,1-2H3,(H,14,15). The van der Waals surface area contributed by atoms with Gasteiger partial charge in [-0.05, 0) is 18.2 Å². The number of halogens is 1. The summed E-state index contributed by atoms with van der Waals surface area (Å²) in [5, 5.41) is 2.64. The minimum atomic E-state index is -3.84. The Morgan fingerprint density at radius 3 is 2.60 bits per heavy atom. The van der Waals surface area contributed by atoms with Crippen molar-refractivity contribution in [1.82, 2.24) is 5.32 Å². The van der Waals surface area contributed by atoms with Crippen LogP contribution in [0, 0.1) is 0 Å². The van der Waals surface area contributed by atoms with Crippen molar-refractivity contribution in [3.63, 3.8) is 0 Å². The molecule has 112 valence electrons. The molecule has 20 heavy (non-hydrogen) atoms. The predicted molar refractivity (Wildman–Crippen MR) is 74.6 cm³/mol. The third-order valence-corrected chi connectivity index (χ3v) is 3.86. The molecule has 1 rings (SSSR count). The molecular formula is C12H16ClNO5S. The molecule has 0 unspecified atom stereocenters. The van der Waals surface area contributed by atoms with E-state index in [-0.39, 0.29) is 17.2 Å². The Hall–Kier alpha value is -1.31. The van der Waals surface area contributed by atoms with Crippen molar-refractivity contribution in [3.05, 3.63) is 23.8 Å². The Balaban J connectivity index is 2.89. The largest absolute Gasteiger partial charge is 0.496 e. The Bertz CT molecular complexity index is 573. The maximum atomic E-state index is 11.7. The lowest BCUT2D eigenvalue weighted by Crippen LogP contribution is -2.28. The normalized spacial score (nSPS) is 11.2. The van der Waals surface area contributed by atoms with Crippen molar-refractivity contribution >= 4 is 25.6 Å². The second kappa shape index (κ2) is 7.47. The molecule has 0 heterocycles. The number of ether oxygens (including phenoxy) is 2. The van der Waals surface area contributed by atoms with E-state index in [1.165, 1.54) is 32.4 Å². The number of benzene rings is 1. The molecule has 0 bridgehead atoms. The van der Waals surface area contributed by atoms with E-state index >= 15 is 0 Å². The summed E-state index contributed by atoms with van der Waals surface area (Å²) in [5.74, 6) is 0.167. The molecule has 8 heteroatoms. The topological polar surface area (TPSA) is 81.7 Å². The number of carbonyl (C=O) groups is 1. The molecule has 0 saturated carbocycles. The SMILES string of the molecule is COCCNC(=O)Cc1cc(S(=O)(=O)Cl)ccc1OC. The first-order chi connectivity index (χ1) is 9.38. The minimum Gasteiger partial charge on any atom is -0.496 e. The average Bonchev–Trinajstić information content (AvgIpc) is 2.38. The molecule has 1 amide bonds. The Morgan fingerprint density at radius 1 is 1.35 bits per heavy atom. The van der Waals surface area contributed by atoms with Crippen molar-refractivity contribution in [2.24, 2.45) is 0 Å². The van der Waals surface area contributed by atoms with Crippen LogP contribution in [0.3, 0.4) is 0 Å². The van der Waals surface area contributed by atoms with E-state index < -0.39 is 9.05 Å². The van der Waals surface area contributed by atoms with Gasteiger partial charge in [0.15, 0.2) is 0 Å². The van der Waals surface area contributed by atoms with E-state index in [0.29, 0.717) is 24.5 Å². The van der Waals surface area contributed by atoms with Crippen LogP contribution < -0.4 is 10.1 Å². The number of methoxy groups -OCH3 is 2. The molecular weight excluding hydrogens is 306 g/mol. The van der Waals surface area contributed by atoms with Gasteiger partial charge in [-0.25, -0.2) is 8.42 Å². The number of nitrogens with one attached hydrogen (secondary N) is 1. The van der Waals surface area contributed by atoms with Gasteiger partial charge in [0, 0.05) is 29.9 Å². The summed E-state index contributed by atoms with van der Waals surface area (Å²) in [6.07, 6.45) is -0.00681. The van der Waals surface area contributed by atoms with Crippen LogP contribution in [-0.4, -0.2) is 41.7 Å². The first-order valence-electron chi connectivity index (χ1n) is 5.75. The lowest BCUT2D eigenvalue weighted by Gasteiger charge is -2.10. The molecule has 0 atom stereocenters. The fourth-order valence-corrected chi connectivity index (χ4v) is 2.37. The maximum absolute atomic E-state index is 11.7. The summed E-state index contributed by atoms with van der Waals surface area (Å²) in [6.45, 7) is 0.782. The number of carbonyl (C=O) groups excluding carboxylic acids is 1. The van der Waals surface area contributed by atoms with Crippen LogP contribution in [0.25, 0.3) is 0 Å². The number of amides is 1. The van der Waals surface area contributed by atoms with E-state index in [1.807, 2.05) is 0 Å². The third kappa shape index (κ3) is 4.99. The monoisotopic (exact) mass is 321 g/mol. The zero-order chi connectivity index (χ0) is 15.2. The molecule has 0 aliphatic rings. The van der Waals surface area contributed by atoms with E-state index in [4.69, 9.17) is 20.2 Å². The first-order valence-corrected chi connectivity index (χ1v) is 8.06. The highest BCUT2D eigenvalue weighted by Gasteiger charge is 2.15. The summed E-state index contributed by atoms with van der Waals surface area (Å²) in [7, 11) is 4.41. The van der Waals surface area contributed by atoms with Crippen molar-refractivity contribution in [3.8, 4) is 5.75 Å². The van der Waals surface area contributed by atoms with Crippen molar-refractivity contribution in [2.75, 3.05) is 27.4 Å². The molecule has 0 saturated heterocycles. The van der Waals surface area contributed by atoms with Crippen molar-refractivity contribution < 1.29 is 22.7 Å². The highest BCUT2D eigenvalue weighted by Crippen LogP contribution is 2.24. The Labute approximate surface area is 122 Å². The summed E-state index contributed by atoms with van der Waals surface area (Å²) < 4.78 is 32.5. The molecule has 0 aromatic heterocycles. The molecule has 1 N–H and O–H groups in total. The summed E-state index contributed by atoms with van der Waals surface area (Å²) >= 11 is 0. The van der Waals surface area contributed by atoms with Gasteiger partial charge in [-0.15, -0.1) is 0 Å². The molecule has 0 radical (unpaired) electrons. The second-order valence-corrected chi connectivity index (χ2v) is 6.50. The predicted octanol–water partition coefficient (Wildman–Crippen LogP) is 0.928. The fourth-order valence-electron chi connectivity index (χ4n) is 1.57. The van der Waals surface area contributed by atoms with Gasteiger partial charge < -0.3 is 14.8 Å². The van der Waals surface area contributed by atoms with Crippen LogP contribution in [0.1, 0.15) is 5.56 Å². The molecule has 0 aliphatic heterocycles. The first kappa shape index (κ1) is 16.7. The van der Waals surface area contributed by atoms with Crippen molar-refractivity contribution in [1.29, 1.82) is 0 Å². The average molecular weight is 322 g/mol. The summed E-state index contributed by atoms with van der Waals surface area (Å²) in [5.41, 5.74) is 0.448. The second-order valence-electron chi connectivity index (χ2n) is 3.93. The van der Waals surface area contributed by atoms with Crippen LogP contribution >= 0.6 is 10.7 Å². The van der Waals surface area contributed by atoms with Gasteiger partial charge in [-0.1, -0.05) is 0 Å². The summed E-state index contributed by atoms with van der Waals surface area (Å²) in [6, 6.07) is 4.12. The van der Waals surface area contributed by atoms with Crippen LogP contribution in [0.2, 0.25) is 0 Å². The lowest BCUT2D eigenvalue weighted by molar-refractivity contribution is -0.120. The summed E-state index contributed by atoms with van der Waals surface area (Å²) in [4.78, 5) is 11.6. The van der Waals surface area contributed by atoms with E-state index in [2.05, 4.69) is 5.32 Å². The quantitative estimate of drug-likeness (QED) is 0.597. The molecule has 1 aromatic rings. The van der Waals surface area contributed by atoms with Gasteiger partial charge in [-0.3, -0.25) is 4.79 Å². The Morgan fingerprint density at radius 2 is 2.05 bits per heavy atom. The number of hydrogen-bond donors (Lipinski definition) is 1. The molecule has 1 aromatic carbocycles. The fraction of sp³-hybridized carbons (Fsp3) is 0.417. The number of rotatable bonds is 7. The van der Waals surface area contributed by atoms with Crippen molar-refractivity contribution in [2.45, 2.75) is 11.3 Å². The molecule has 6 nitrogen and oxygen atoms in total. The third-order valence-electron chi connectivity index (χ3n) is 2.51. The van der Waals surface area contributed by atoms with Crippen LogP contribution in [0.4, 0.5) is 0 Å². The van der Waals surface area contributed by atoms with Gasteiger partial charge in [0.05, 0.1) is 25.0 Å². The van der Waals surface area contributed by atoms with E-state index in [0.717, 1.165) is 0 Å². The zero-order valence-electron chi connectivity index (χ0n) is 11.2. The van der Waals surface area contributed by atoms with E-state index in [9.17, 15) is 13.2 Å². The molecule has 0 spiro atoms. The molecule has 0 aliphatic carbocycles. The highest BCUT2D eigenvalue weighted by molar-refractivity contribution is 8.13. The smallest absolute Gasteiger partial charge is 0.261 e. The number of hydrogen-bond acceptors (Lipinski definition) is 5. The van der Waals surface area contributed by atoms with Gasteiger partial charge in [0.25, 0.3) is 9.05 Å². The lowest BCUT2D eigenvalue weighted by atomic mass is 10.1. The van der Waals surface area contributed by atoms with E-state index in [1.54, 1.807) is 0 Å². The molecule has 0 fully saturated rings.